The highest BCUT2D eigenvalue weighted by Crippen LogP contribution is 2.47. The van der Waals surface area contributed by atoms with E-state index in [1.54, 1.807) is 7.05 Å². The van der Waals surface area contributed by atoms with Gasteiger partial charge in [0.05, 0.1) is 17.5 Å². The predicted molar refractivity (Wildman–Crippen MR) is 108 cm³/mol. The molecule has 0 radical (unpaired) electrons. The third-order valence-corrected chi connectivity index (χ3v) is 5.42. The number of aromatic nitrogens is 3. The molecule has 0 saturated heterocycles. The fourth-order valence-electron chi connectivity index (χ4n) is 3.64. The van der Waals surface area contributed by atoms with Gasteiger partial charge in [-0.15, -0.1) is 0 Å². The molecular weight excluding hydrogens is 372 g/mol. The lowest BCUT2D eigenvalue weighted by Crippen LogP contribution is -2.31. The monoisotopic (exact) mass is 396 g/mol. The van der Waals surface area contributed by atoms with Gasteiger partial charge < -0.3 is 9.32 Å². The lowest BCUT2D eigenvalue weighted by Gasteiger charge is -2.16. The van der Waals surface area contributed by atoms with E-state index in [2.05, 4.69) is 16.9 Å². The van der Waals surface area contributed by atoms with E-state index in [0.717, 1.165) is 24.4 Å². The topological polar surface area (TPSA) is 101 Å². The van der Waals surface area contributed by atoms with Crippen LogP contribution in [0.25, 0.3) is 11.0 Å². The van der Waals surface area contributed by atoms with Crippen LogP contribution in [0.1, 0.15) is 54.5 Å². The first-order valence-electron chi connectivity index (χ1n) is 9.86. The highest BCUT2D eigenvalue weighted by Gasteiger charge is 2.36. The van der Waals surface area contributed by atoms with Crippen molar-refractivity contribution in [3.8, 4) is 0 Å². The number of hydrogen-bond acceptors (Lipinski definition) is 5. The van der Waals surface area contributed by atoms with Crippen LogP contribution in [0.4, 0.5) is 0 Å². The molecule has 0 aromatic carbocycles. The average molecular weight is 396 g/mol. The second-order valence-electron chi connectivity index (χ2n) is 7.79. The number of H-pyrrole nitrogens is 1. The van der Waals surface area contributed by atoms with Gasteiger partial charge in [-0.25, -0.2) is 9.78 Å². The minimum atomic E-state index is -0.545. The highest BCUT2D eigenvalue weighted by molar-refractivity contribution is 5.96. The van der Waals surface area contributed by atoms with E-state index in [9.17, 15) is 14.4 Å². The van der Waals surface area contributed by atoms with Crippen LogP contribution >= 0.6 is 0 Å². The van der Waals surface area contributed by atoms with Gasteiger partial charge in [0.1, 0.15) is 17.2 Å². The standard InChI is InChI=1S/C21H24N4O4/c1-4-7-25-18-16(19(26)23-21(25)28)9-13(10-22-18)20(27)24(3)11-14-5-6-17(29-14)15-8-12(15)2/h5-6,9-10,12,15H,4,7-8,11H2,1-3H3,(H,23,26,28). The molecule has 1 saturated carbocycles. The summed E-state index contributed by atoms with van der Waals surface area (Å²) >= 11 is 0. The Morgan fingerprint density at radius 1 is 1.38 bits per heavy atom. The molecule has 1 aliphatic rings. The molecule has 1 amide bonds. The molecule has 0 bridgehead atoms. The lowest BCUT2D eigenvalue weighted by atomic mass is 10.2. The first kappa shape index (κ1) is 19.2. The van der Waals surface area contributed by atoms with Gasteiger partial charge in [0.2, 0.25) is 0 Å². The summed E-state index contributed by atoms with van der Waals surface area (Å²) in [5, 5.41) is 0.223. The van der Waals surface area contributed by atoms with Crippen LogP contribution in [0, 0.1) is 5.92 Å². The fraction of sp³-hybridized carbons (Fsp3) is 0.429. The smallest absolute Gasteiger partial charge is 0.329 e. The molecule has 1 fully saturated rings. The third-order valence-electron chi connectivity index (χ3n) is 5.42. The molecule has 0 spiro atoms. The molecule has 3 aromatic heterocycles. The molecule has 1 N–H and O–H groups in total. The van der Waals surface area contributed by atoms with E-state index in [1.807, 2.05) is 19.1 Å². The Morgan fingerprint density at radius 2 is 2.14 bits per heavy atom. The van der Waals surface area contributed by atoms with Crippen LogP contribution in [0.3, 0.4) is 0 Å². The summed E-state index contributed by atoms with van der Waals surface area (Å²) in [4.78, 5) is 45.2. The van der Waals surface area contributed by atoms with Gasteiger partial charge >= 0.3 is 5.69 Å². The summed E-state index contributed by atoms with van der Waals surface area (Å²) in [5.41, 5.74) is -0.466. The van der Waals surface area contributed by atoms with Gasteiger partial charge in [-0.2, -0.15) is 0 Å². The zero-order valence-corrected chi connectivity index (χ0v) is 16.8. The number of amides is 1. The van der Waals surface area contributed by atoms with Gasteiger partial charge in [-0.3, -0.25) is 19.1 Å². The maximum atomic E-state index is 12.9. The number of pyridine rings is 1. The summed E-state index contributed by atoms with van der Waals surface area (Å²) in [6.07, 6.45) is 3.27. The molecule has 152 valence electrons. The van der Waals surface area contributed by atoms with Crippen LogP contribution in [0.15, 0.2) is 38.4 Å². The minimum absolute atomic E-state index is 0.223. The quantitative estimate of drug-likeness (QED) is 0.690. The maximum Gasteiger partial charge on any atom is 0.329 e. The summed E-state index contributed by atoms with van der Waals surface area (Å²) in [5.74, 6) is 2.56. The first-order chi connectivity index (χ1) is 13.9. The zero-order chi connectivity index (χ0) is 20.7. The summed E-state index contributed by atoms with van der Waals surface area (Å²) in [7, 11) is 1.68. The molecule has 2 unspecified atom stereocenters. The molecule has 0 aliphatic heterocycles. The number of nitrogens with zero attached hydrogens (tertiary/aromatic N) is 3. The van der Waals surface area contributed by atoms with Gasteiger partial charge in [0.25, 0.3) is 11.5 Å². The van der Waals surface area contributed by atoms with Crippen molar-refractivity contribution in [3.63, 3.8) is 0 Å². The molecule has 8 heteroatoms. The number of fused-ring (bicyclic) bond motifs is 1. The van der Waals surface area contributed by atoms with Crippen molar-refractivity contribution in [2.75, 3.05) is 7.05 Å². The zero-order valence-electron chi connectivity index (χ0n) is 16.8. The fourth-order valence-corrected chi connectivity index (χ4v) is 3.64. The summed E-state index contributed by atoms with van der Waals surface area (Å²) < 4.78 is 7.29. The van der Waals surface area contributed by atoms with Crippen molar-refractivity contribution in [3.05, 3.63) is 62.3 Å². The number of nitrogens with one attached hydrogen (secondary N) is 1. The van der Waals surface area contributed by atoms with Gasteiger partial charge in [-0.05, 0) is 37.0 Å². The third kappa shape index (κ3) is 3.62. The minimum Gasteiger partial charge on any atom is -0.464 e. The normalized spacial score (nSPS) is 18.2. The SMILES string of the molecule is CCCn1c(=O)[nH]c(=O)c2cc(C(=O)N(C)Cc3ccc(C4CC4C)o3)cnc21. The molecule has 4 rings (SSSR count). The van der Waals surface area contributed by atoms with Crippen molar-refractivity contribution in [1.82, 2.24) is 19.4 Å². The Kier molecular flexibility index (Phi) is 4.86. The molecule has 8 nitrogen and oxygen atoms in total. The van der Waals surface area contributed by atoms with Crippen molar-refractivity contribution in [2.24, 2.45) is 5.92 Å². The first-order valence-corrected chi connectivity index (χ1v) is 9.86. The Labute approximate surface area is 167 Å². The largest absolute Gasteiger partial charge is 0.464 e. The van der Waals surface area contributed by atoms with Crippen molar-refractivity contribution < 1.29 is 9.21 Å². The number of aryl methyl sites for hydroxylation is 1. The summed E-state index contributed by atoms with van der Waals surface area (Å²) in [6.45, 7) is 4.88. The van der Waals surface area contributed by atoms with E-state index >= 15 is 0 Å². The van der Waals surface area contributed by atoms with Crippen LogP contribution in [-0.2, 0) is 13.1 Å². The van der Waals surface area contributed by atoms with Crippen molar-refractivity contribution >= 4 is 16.9 Å². The predicted octanol–water partition coefficient (Wildman–Crippen LogP) is 2.48. The van der Waals surface area contributed by atoms with E-state index in [0.29, 0.717) is 24.9 Å². The second kappa shape index (κ2) is 7.35. The average Bonchev–Trinajstić information content (AvgIpc) is 3.25. The van der Waals surface area contributed by atoms with Gasteiger partial charge in [-0.1, -0.05) is 13.8 Å². The van der Waals surface area contributed by atoms with Crippen molar-refractivity contribution in [1.29, 1.82) is 0 Å². The molecule has 29 heavy (non-hydrogen) atoms. The number of furan rings is 1. The molecule has 3 aromatic rings. The van der Waals surface area contributed by atoms with Crippen LogP contribution in [-0.4, -0.2) is 32.4 Å². The van der Waals surface area contributed by atoms with Crippen molar-refractivity contribution in [2.45, 2.75) is 45.7 Å². The Hall–Kier alpha value is -3.16. The number of carbonyl (C=O) groups is 1. The Balaban J connectivity index is 1.58. The Bertz CT molecular complexity index is 1190. The van der Waals surface area contributed by atoms with E-state index < -0.39 is 11.2 Å². The number of rotatable bonds is 6. The Morgan fingerprint density at radius 3 is 2.83 bits per heavy atom. The second-order valence-corrected chi connectivity index (χ2v) is 7.79. The van der Waals surface area contributed by atoms with Crippen LogP contribution < -0.4 is 11.2 Å². The molecular formula is C21H24N4O4. The van der Waals surface area contributed by atoms with Crippen LogP contribution in [0.2, 0.25) is 0 Å². The maximum absolute atomic E-state index is 12.9. The molecule has 3 heterocycles. The molecule has 2 atom stereocenters. The number of hydrogen-bond donors (Lipinski definition) is 1. The lowest BCUT2D eigenvalue weighted by molar-refractivity contribution is 0.0774. The number of carbonyl (C=O) groups excluding carboxylic acids is 1. The van der Waals surface area contributed by atoms with Crippen LogP contribution in [0.5, 0.6) is 0 Å². The molecule has 1 aliphatic carbocycles. The van der Waals surface area contributed by atoms with Gasteiger partial charge in [0.15, 0.2) is 0 Å². The van der Waals surface area contributed by atoms with E-state index in [1.165, 1.54) is 21.7 Å². The van der Waals surface area contributed by atoms with E-state index in [4.69, 9.17) is 4.42 Å². The van der Waals surface area contributed by atoms with E-state index in [-0.39, 0.29) is 22.5 Å². The highest BCUT2D eigenvalue weighted by atomic mass is 16.3. The summed E-state index contributed by atoms with van der Waals surface area (Å²) in [6, 6.07) is 5.37. The number of aromatic amines is 1. The van der Waals surface area contributed by atoms with Gasteiger partial charge in [0, 0.05) is 25.7 Å².